The van der Waals surface area contributed by atoms with Crippen molar-refractivity contribution in [3.8, 4) is 11.8 Å². The summed E-state index contributed by atoms with van der Waals surface area (Å²) < 4.78 is 6.80. The second kappa shape index (κ2) is 4.34. The second-order valence-corrected chi connectivity index (χ2v) is 5.62. The largest absolute Gasteiger partial charge is 0.492 e. The summed E-state index contributed by atoms with van der Waals surface area (Å²) in [6, 6.07) is 4.48. The summed E-state index contributed by atoms with van der Waals surface area (Å²) in [4.78, 5) is 0. The van der Waals surface area contributed by atoms with Crippen molar-refractivity contribution in [1.29, 1.82) is 5.26 Å². The maximum atomic E-state index is 8.73. The molecule has 1 aliphatic carbocycles. The molecule has 3 rings (SSSR count). The molecule has 1 atom stereocenters. The topological polar surface area (TPSA) is 33.0 Å². The first kappa shape index (κ1) is 11.1. The van der Waals surface area contributed by atoms with Crippen LogP contribution in [-0.4, -0.2) is 6.61 Å². The van der Waals surface area contributed by atoms with E-state index >= 15 is 0 Å². The number of ether oxygens (including phenoxy) is 1. The predicted molar refractivity (Wildman–Crippen MR) is 69.3 cm³/mol. The molecule has 2 nitrogen and oxygen atoms in total. The molecule has 0 spiro atoms. The molecule has 0 saturated carbocycles. The second-order valence-electron chi connectivity index (χ2n) is 4.77. The van der Waals surface area contributed by atoms with E-state index in [1.54, 1.807) is 0 Å². The lowest BCUT2D eigenvalue weighted by molar-refractivity contribution is 0.355. The molecular formula is C14H14BrNO. The molecule has 0 fully saturated rings. The van der Waals surface area contributed by atoms with Crippen LogP contribution in [0.4, 0.5) is 0 Å². The van der Waals surface area contributed by atoms with Crippen molar-refractivity contribution in [2.24, 2.45) is 0 Å². The maximum Gasteiger partial charge on any atom is 0.137 e. The van der Waals surface area contributed by atoms with Gasteiger partial charge in [0.25, 0.3) is 0 Å². The Kier molecular flexibility index (Phi) is 2.84. The van der Waals surface area contributed by atoms with Gasteiger partial charge in [-0.1, -0.05) is 0 Å². The van der Waals surface area contributed by atoms with Gasteiger partial charge in [0, 0.05) is 18.4 Å². The first-order valence-corrected chi connectivity index (χ1v) is 6.94. The SMILES string of the molecule is N#CCC[C@@H]1CCc2cc(Br)c3c(c21)CCO3. The van der Waals surface area contributed by atoms with Crippen molar-refractivity contribution in [2.75, 3.05) is 6.61 Å². The molecule has 88 valence electrons. The fourth-order valence-corrected chi connectivity index (χ4v) is 3.76. The zero-order chi connectivity index (χ0) is 11.8. The van der Waals surface area contributed by atoms with Gasteiger partial charge in [-0.15, -0.1) is 0 Å². The molecule has 0 aromatic heterocycles. The Morgan fingerprint density at radius 2 is 2.35 bits per heavy atom. The number of nitriles is 1. The Balaban J connectivity index is 2.03. The van der Waals surface area contributed by atoms with Gasteiger partial charge in [-0.2, -0.15) is 5.26 Å². The normalized spacial score (nSPS) is 20.6. The summed E-state index contributed by atoms with van der Waals surface area (Å²) in [5.74, 6) is 1.63. The number of benzene rings is 1. The van der Waals surface area contributed by atoms with Gasteiger partial charge in [-0.3, -0.25) is 0 Å². The smallest absolute Gasteiger partial charge is 0.137 e. The minimum absolute atomic E-state index is 0.577. The van der Waals surface area contributed by atoms with E-state index < -0.39 is 0 Å². The van der Waals surface area contributed by atoms with E-state index in [4.69, 9.17) is 10.00 Å². The molecule has 1 aromatic carbocycles. The van der Waals surface area contributed by atoms with E-state index in [2.05, 4.69) is 28.1 Å². The van der Waals surface area contributed by atoms with Gasteiger partial charge in [0.1, 0.15) is 5.75 Å². The van der Waals surface area contributed by atoms with Crippen molar-refractivity contribution in [3.05, 3.63) is 27.2 Å². The van der Waals surface area contributed by atoms with E-state index in [0.29, 0.717) is 12.3 Å². The van der Waals surface area contributed by atoms with Gasteiger partial charge in [0.05, 0.1) is 17.1 Å². The number of rotatable bonds is 2. The van der Waals surface area contributed by atoms with Crippen LogP contribution in [0.1, 0.15) is 41.9 Å². The fraction of sp³-hybridized carbons (Fsp3) is 0.500. The number of fused-ring (bicyclic) bond motifs is 3. The summed E-state index contributed by atoms with van der Waals surface area (Å²) in [5.41, 5.74) is 4.36. The zero-order valence-corrected chi connectivity index (χ0v) is 11.2. The van der Waals surface area contributed by atoms with Crippen molar-refractivity contribution in [1.82, 2.24) is 0 Å². The summed E-state index contributed by atoms with van der Waals surface area (Å²) in [5, 5.41) is 8.73. The average Bonchev–Trinajstić information content (AvgIpc) is 2.92. The third-order valence-corrected chi connectivity index (χ3v) is 4.43. The molecule has 1 aromatic rings. The molecule has 0 bridgehead atoms. The van der Waals surface area contributed by atoms with E-state index in [9.17, 15) is 0 Å². The lowest BCUT2D eigenvalue weighted by Crippen LogP contribution is -1.98. The summed E-state index contributed by atoms with van der Waals surface area (Å²) in [7, 11) is 0. The average molecular weight is 292 g/mol. The minimum atomic E-state index is 0.577. The first-order chi connectivity index (χ1) is 8.31. The van der Waals surface area contributed by atoms with Crippen LogP contribution in [0.5, 0.6) is 5.75 Å². The van der Waals surface area contributed by atoms with Crippen molar-refractivity contribution in [3.63, 3.8) is 0 Å². The van der Waals surface area contributed by atoms with Gasteiger partial charge in [-0.05, 0) is 58.3 Å². The van der Waals surface area contributed by atoms with Crippen LogP contribution in [-0.2, 0) is 12.8 Å². The molecule has 2 aliphatic rings. The molecule has 1 aliphatic heterocycles. The lowest BCUT2D eigenvalue weighted by Gasteiger charge is -2.14. The minimum Gasteiger partial charge on any atom is -0.492 e. The quantitative estimate of drug-likeness (QED) is 0.832. The highest BCUT2D eigenvalue weighted by atomic mass is 79.9. The van der Waals surface area contributed by atoms with Crippen LogP contribution in [0.3, 0.4) is 0 Å². The molecule has 3 heteroatoms. The van der Waals surface area contributed by atoms with Gasteiger partial charge in [0.2, 0.25) is 0 Å². The number of hydrogen-bond donors (Lipinski definition) is 0. The Labute approximate surface area is 110 Å². The standard InChI is InChI=1S/C14H14BrNO/c15-12-8-10-4-3-9(2-1-6-16)13(10)11-5-7-17-14(11)12/h8-9H,1-5,7H2/t9-/m1/s1. The van der Waals surface area contributed by atoms with Crippen LogP contribution in [0, 0.1) is 11.3 Å². The summed E-state index contributed by atoms with van der Waals surface area (Å²) in [6.45, 7) is 0.801. The highest BCUT2D eigenvalue weighted by Crippen LogP contribution is 2.46. The number of aryl methyl sites for hydroxylation is 1. The van der Waals surface area contributed by atoms with Gasteiger partial charge in [-0.25, -0.2) is 0 Å². The Hall–Kier alpha value is -1.01. The van der Waals surface area contributed by atoms with E-state index in [1.807, 2.05) is 0 Å². The van der Waals surface area contributed by atoms with E-state index in [1.165, 1.54) is 23.1 Å². The third kappa shape index (κ3) is 1.75. The van der Waals surface area contributed by atoms with Gasteiger partial charge in [0.15, 0.2) is 0 Å². The molecule has 0 N–H and O–H groups in total. The number of nitrogens with zero attached hydrogens (tertiary/aromatic N) is 1. The summed E-state index contributed by atoms with van der Waals surface area (Å²) in [6.07, 6.45) is 5.03. The molecular weight excluding hydrogens is 278 g/mol. The molecule has 0 radical (unpaired) electrons. The van der Waals surface area contributed by atoms with Gasteiger partial charge >= 0.3 is 0 Å². The van der Waals surface area contributed by atoms with E-state index in [0.717, 1.165) is 36.1 Å². The Bertz CT molecular complexity index is 504. The molecule has 0 unspecified atom stereocenters. The van der Waals surface area contributed by atoms with E-state index in [-0.39, 0.29) is 0 Å². The molecule has 0 amide bonds. The fourth-order valence-electron chi connectivity index (χ4n) is 3.13. The highest BCUT2D eigenvalue weighted by Gasteiger charge is 2.30. The molecule has 17 heavy (non-hydrogen) atoms. The Morgan fingerprint density at radius 3 is 3.18 bits per heavy atom. The maximum absolute atomic E-state index is 8.73. The summed E-state index contributed by atoms with van der Waals surface area (Å²) >= 11 is 3.60. The molecule has 0 saturated heterocycles. The molecule has 1 heterocycles. The van der Waals surface area contributed by atoms with Crippen LogP contribution in [0.25, 0.3) is 0 Å². The van der Waals surface area contributed by atoms with Crippen LogP contribution < -0.4 is 4.74 Å². The monoisotopic (exact) mass is 291 g/mol. The number of hydrogen-bond acceptors (Lipinski definition) is 2. The third-order valence-electron chi connectivity index (χ3n) is 3.84. The van der Waals surface area contributed by atoms with Crippen LogP contribution >= 0.6 is 15.9 Å². The Morgan fingerprint density at radius 1 is 1.47 bits per heavy atom. The van der Waals surface area contributed by atoms with Gasteiger partial charge < -0.3 is 4.74 Å². The van der Waals surface area contributed by atoms with Crippen molar-refractivity contribution in [2.45, 2.75) is 38.0 Å². The predicted octanol–water partition coefficient (Wildman–Crippen LogP) is 3.72. The lowest BCUT2D eigenvalue weighted by atomic mass is 9.91. The first-order valence-electron chi connectivity index (χ1n) is 6.15. The highest BCUT2D eigenvalue weighted by molar-refractivity contribution is 9.10. The van der Waals surface area contributed by atoms with Crippen LogP contribution in [0.15, 0.2) is 10.5 Å². The number of halogens is 1. The van der Waals surface area contributed by atoms with Crippen molar-refractivity contribution >= 4 is 15.9 Å². The zero-order valence-electron chi connectivity index (χ0n) is 9.63. The van der Waals surface area contributed by atoms with Crippen LogP contribution in [0.2, 0.25) is 0 Å². The van der Waals surface area contributed by atoms with Crippen molar-refractivity contribution < 1.29 is 4.74 Å².